The van der Waals surface area contributed by atoms with Gasteiger partial charge in [-0.1, -0.05) is 6.07 Å². The number of piperidine rings is 1. The molecule has 5 heteroatoms. The first-order valence-electron chi connectivity index (χ1n) is 8.57. The molecule has 1 atom stereocenters. The quantitative estimate of drug-likeness (QED) is 0.871. The first-order chi connectivity index (χ1) is 11.2. The van der Waals surface area contributed by atoms with Gasteiger partial charge in [-0.15, -0.1) is 0 Å². The summed E-state index contributed by atoms with van der Waals surface area (Å²) in [6.45, 7) is 6.00. The third-order valence-corrected chi connectivity index (χ3v) is 5.35. The Morgan fingerprint density at radius 1 is 1.17 bits per heavy atom. The third-order valence-electron chi connectivity index (χ3n) is 5.35. The SMILES string of the molecule is CN1CCCC2(CCN(Cc3ccc(-n4ccnc4)nc3)C2)C1. The van der Waals surface area contributed by atoms with E-state index in [1.165, 1.54) is 51.0 Å². The molecule has 0 radical (unpaired) electrons. The van der Waals surface area contributed by atoms with Crippen LogP contribution in [0.1, 0.15) is 24.8 Å². The van der Waals surface area contributed by atoms with E-state index < -0.39 is 0 Å². The number of nitrogens with zero attached hydrogens (tertiary/aromatic N) is 5. The van der Waals surface area contributed by atoms with Crippen LogP contribution in [0.5, 0.6) is 0 Å². The van der Waals surface area contributed by atoms with Crippen LogP contribution in [-0.2, 0) is 6.54 Å². The molecule has 4 rings (SSSR count). The maximum absolute atomic E-state index is 4.57. The van der Waals surface area contributed by atoms with Crippen LogP contribution in [0.4, 0.5) is 0 Å². The Hall–Kier alpha value is -1.72. The van der Waals surface area contributed by atoms with Crippen molar-refractivity contribution in [2.45, 2.75) is 25.8 Å². The van der Waals surface area contributed by atoms with Crippen molar-refractivity contribution in [2.24, 2.45) is 5.41 Å². The molecular weight excluding hydrogens is 286 g/mol. The highest BCUT2D eigenvalue weighted by atomic mass is 15.2. The highest BCUT2D eigenvalue weighted by molar-refractivity contribution is 5.25. The maximum atomic E-state index is 4.57. The molecule has 0 saturated carbocycles. The highest BCUT2D eigenvalue weighted by Crippen LogP contribution is 2.38. The lowest BCUT2D eigenvalue weighted by Gasteiger charge is -2.38. The molecule has 1 spiro atoms. The molecule has 2 aromatic rings. The molecule has 0 N–H and O–H groups in total. The Morgan fingerprint density at radius 3 is 2.87 bits per heavy atom. The number of pyridine rings is 1. The van der Waals surface area contributed by atoms with Gasteiger partial charge in [-0.25, -0.2) is 9.97 Å². The molecule has 0 aromatic carbocycles. The normalized spacial score (nSPS) is 26.1. The van der Waals surface area contributed by atoms with Crippen molar-refractivity contribution in [2.75, 3.05) is 33.2 Å². The average molecular weight is 311 g/mol. The fourth-order valence-electron chi connectivity index (χ4n) is 4.27. The summed E-state index contributed by atoms with van der Waals surface area (Å²) in [5.74, 6) is 0.929. The Labute approximate surface area is 138 Å². The summed E-state index contributed by atoms with van der Waals surface area (Å²) >= 11 is 0. The van der Waals surface area contributed by atoms with Crippen molar-refractivity contribution in [3.05, 3.63) is 42.6 Å². The second-order valence-electron chi connectivity index (χ2n) is 7.30. The second-order valence-corrected chi connectivity index (χ2v) is 7.30. The molecule has 4 heterocycles. The van der Waals surface area contributed by atoms with Gasteiger partial charge in [0.05, 0.1) is 0 Å². The first-order valence-corrected chi connectivity index (χ1v) is 8.57. The molecule has 0 amide bonds. The van der Waals surface area contributed by atoms with Gasteiger partial charge in [-0.05, 0) is 56.4 Å². The molecule has 23 heavy (non-hydrogen) atoms. The van der Waals surface area contributed by atoms with Gasteiger partial charge in [-0.2, -0.15) is 0 Å². The van der Waals surface area contributed by atoms with E-state index in [0.717, 1.165) is 12.4 Å². The summed E-state index contributed by atoms with van der Waals surface area (Å²) in [5, 5.41) is 0. The zero-order valence-electron chi connectivity index (χ0n) is 13.9. The smallest absolute Gasteiger partial charge is 0.137 e. The van der Waals surface area contributed by atoms with Crippen molar-refractivity contribution in [1.29, 1.82) is 0 Å². The minimum absolute atomic E-state index is 0.539. The van der Waals surface area contributed by atoms with E-state index in [1.54, 1.807) is 12.5 Å². The summed E-state index contributed by atoms with van der Waals surface area (Å²) < 4.78 is 1.94. The molecule has 2 aromatic heterocycles. The predicted octanol–water partition coefficient (Wildman–Crippen LogP) is 2.18. The van der Waals surface area contributed by atoms with Crippen LogP contribution < -0.4 is 0 Å². The maximum Gasteiger partial charge on any atom is 0.137 e. The average Bonchev–Trinajstić information content (AvgIpc) is 3.19. The summed E-state index contributed by atoms with van der Waals surface area (Å²) in [6, 6.07) is 4.28. The third kappa shape index (κ3) is 3.16. The molecule has 122 valence electrons. The monoisotopic (exact) mass is 311 g/mol. The fraction of sp³-hybridized carbons (Fsp3) is 0.556. The van der Waals surface area contributed by atoms with Crippen LogP contribution in [0.3, 0.4) is 0 Å². The highest BCUT2D eigenvalue weighted by Gasteiger charge is 2.40. The van der Waals surface area contributed by atoms with E-state index in [-0.39, 0.29) is 0 Å². The number of hydrogen-bond donors (Lipinski definition) is 0. The molecule has 0 bridgehead atoms. The van der Waals surface area contributed by atoms with Gasteiger partial charge in [0, 0.05) is 38.2 Å². The van der Waals surface area contributed by atoms with Gasteiger partial charge in [0.1, 0.15) is 12.1 Å². The van der Waals surface area contributed by atoms with E-state index in [0.29, 0.717) is 5.41 Å². The minimum Gasteiger partial charge on any atom is -0.306 e. The molecule has 5 nitrogen and oxygen atoms in total. The van der Waals surface area contributed by atoms with E-state index >= 15 is 0 Å². The lowest BCUT2D eigenvalue weighted by Crippen LogP contribution is -2.42. The molecule has 2 saturated heterocycles. The van der Waals surface area contributed by atoms with Crippen molar-refractivity contribution < 1.29 is 0 Å². The summed E-state index contributed by atoms with van der Waals surface area (Å²) in [4.78, 5) is 13.7. The predicted molar refractivity (Wildman–Crippen MR) is 90.4 cm³/mol. The largest absolute Gasteiger partial charge is 0.306 e. The van der Waals surface area contributed by atoms with Gasteiger partial charge >= 0.3 is 0 Å². The van der Waals surface area contributed by atoms with Crippen LogP contribution in [0.25, 0.3) is 5.82 Å². The zero-order valence-corrected chi connectivity index (χ0v) is 13.9. The molecule has 0 aliphatic carbocycles. The van der Waals surface area contributed by atoms with E-state index in [1.807, 2.05) is 17.0 Å². The zero-order chi connectivity index (χ0) is 15.7. The van der Waals surface area contributed by atoms with Gasteiger partial charge in [0.25, 0.3) is 0 Å². The van der Waals surface area contributed by atoms with Crippen LogP contribution in [-0.4, -0.2) is 57.6 Å². The number of aromatic nitrogens is 3. The van der Waals surface area contributed by atoms with Gasteiger partial charge in [0.2, 0.25) is 0 Å². The number of imidazole rings is 1. The van der Waals surface area contributed by atoms with Gasteiger partial charge in [-0.3, -0.25) is 9.47 Å². The number of likely N-dealkylation sites (tertiary alicyclic amines) is 2. The molecule has 2 aliphatic rings. The van der Waals surface area contributed by atoms with E-state index in [9.17, 15) is 0 Å². The van der Waals surface area contributed by atoms with Crippen molar-refractivity contribution in [1.82, 2.24) is 24.3 Å². The van der Waals surface area contributed by atoms with Crippen molar-refractivity contribution >= 4 is 0 Å². The van der Waals surface area contributed by atoms with Crippen LogP contribution in [0, 0.1) is 5.41 Å². The standard InChI is InChI=1S/C18H25N5/c1-21-8-2-5-18(13-21)6-9-22(14-18)12-16-3-4-17(20-11-16)23-10-7-19-15-23/h3-4,7,10-11,15H,2,5-6,8-9,12-14H2,1H3. The lowest BCUT2D eigenvalue weighted by molar-refractivity contribution is 0.112. The Balaban J connectivity index is 1.39. The fourth-order valence-corrected chi connectivity index (χ4v) is 4.27. The van der Waals surface area contributed by atoms with Crippen LogP contribution in [0.2, 0.25) is 0 Å². The first kappa shape index (κ1) is 14.8. The van der Waals surface area contributed by atoms with Crippen molar-refractivity contribution in [3.63, 3.8) is 0 Å². The number of rotatable bonds is 3. The van der Waals surface area contributed by atoms with Gasteiger partial charge < -0.3 is 4.90 Å². The molecule has 1 unspecified atom stereocenters. The molecule has 2 aliphatic heterocycles. The van der Waals surface area contributed by atoms with E-state index in [4.69, 9.17) is 0 Å². The second kappa shape index (κ2) is 6.06. The summed E-state index contributed by atoms with van der Waals surface area (Å²) in [6.07, 6.45) is 11.6. The summed E-state index contributed by atoms with van der Waals surface area (Å²) in [7, 11) is 2.27. The Bertz CT molecular complexity index is 636. The Kier molecular flexibility index (Phi) is 3.91. The lowest BCUT2D eigenvalue weighted by atomic mass is 9.79. The van der Waals surface area contributed by atoms with Crippen LogP contribution >= 0.6 is 0 Å². The number of hydrogen-bond acceptors (Lipinski definition) is 4. The molecular formula is C18H25N5. The summed E-state index contributed by atoms with van der Waals surface area (Å²) in [5.41, 5.74) is 1.84. The topological polar surface area (TPSA) is 37.2 Å². The molecule has 2 fully saturated rings. The van der Waals surface area contributed by atoms with Crippen LogP contribution in [0.15, 0.2) is 37.1 Å². The van der Waals surface area contributed by atoms with Gasteiger partial charge in [0.15, 0.2) is 0 Å². The van der Waals surface area contributed by atoms with E-state index in [2.05, 4.69) is 38.9 Å². The Morgan fingerprint density at radius 2 is 2.13 bits per heavy atom. The minimum atomic E-state index is 0.539. The van der Waals surface area contributed by atoms with Crippen molar-refractivity contribution in [3.8, 4) is 5.82 Å².